The topological polar surface area (TPSA) is 41.1 Å². The SMILES string of the molecule is CC1(C(=O)Nc2cc(F)ccc2F)CCNC1. The fourth-order valence-corrected chi connectivity index (χ4v) is 1.88. The molecule has 1 aliphatic rings. The van der Waals surface area contributed by atoms with Gasteiger partial charge in [0.15, 0.2) is 0 Å². The van der Waals surface area contributed by atoms with Crippen LogP contribution in [0.4, 0.5) is 14.5 Å². The molecule has 1 saturated heterocycles. The number of halogens is 2. The van der Waals surface area contributed by atoms with Gasteiger partial charge in [0.05, 0.1) is 11.1 Å². The normalized spacial score (nSPS) is 23.7. The average molecular weight is 240 g/mol. The first-order valence-corrected chi connectivity index (χ1v) is 5.48. The van der Waals surface area contributed by atoms with Crippen LogP contribution in [0, 0.1) is 17.0 Å². The molecule has 1 atom stereocenters. The molecule has 0 aromatic heterocycles. The van der Waals surface area contributed by atoms with E-state index in [-0.39, 0.29) is 11.6 Å². The van der Waals surface area contributed by atoms with Gasteiger partial charge in [0.25, 0.3) is 0 Å². The maximum absolute atomic E-state index is 13.3. The minimum atomic E-state index is -0.630. The van der Waals surface area contributed by atoms with Crippen LogP contribution in [0.1, 0.15) is 13.3 Å². The molecule has 3 nitrogen and oxygen atoms in total. The smallest absolute Gasteiger partial charge is 0.231 e. The van der Waals surface area contributed by atoms with E-state index in [1.807, 2.05) is 0 Å². The molecule has 0 saturated carbocycles. The first kappa shape index (κ1) is 12.0. The van der Waals surface area contributed by atoms with E-state index < -0.39 is 17.0 Å². The number of carbonyl (C=O) groups is 1. The van der Waals surface area contributed by atoms with Crippen molar-refractivity contribution < 1.29 is 13.6 Å². The summed E-state index contributed by atoms with van der Waals surface area (Å²) in [6, 6.07) is 3.00. The van der Waals surface area contributed by atoms with Gasteiger partial charge in [-0.1, -0.05) is 0 Å². The minimum absolute atomic E-state index is 0.108. The van der Waals surface area contributed by atoms with E-state index >= 15 is 0 Å². The average Bonchev–Trinajstić information content (AvgIpc) is 2.72. The van der Waals surface area contributed by atoms with Gasteiger partial charge in [-0.3, -0.25) is 4.79 Å². The number of benzene rings is 1. The van der Waals surface area contributed by atoms with Crippen molar-refractivity contribution in [1.82, 2.24) is 5.32 Å². The molecule has 1 heterocycles. The lowest BCUT2D eigenvalue weighted by atomic mass is 9.89. The summed E-state index contributed by atoms with van der Waals surface area (Å²) in [4.78, 5) is 12.0. The van der Waals surface area contributed by atoms with E-state index in [0.29, 0.717) is 13.0 Å². The van der Waals surface area contributed by atoms with Crippen LogP contribution in [0.25, 0.3) is 0 Å². The number of nitrogens with one attached hydrogen (secondary N) is 2. The first-order chi connectivity index (χ1) is 8.01. The highest BCUT2D eigenvalue weighted by Crippen LogP contribution is 2.27. The Morgan fingerprint density at radius 3 is 2.88 bits per heavy atom. The molecule has 1 aliphatic heterocycles. The predicted octanol–water partition coefficient (Wildman–Crippen LogP) is 1.90. The third-order valence-corrected chi connectivity index (χ3v) is 3.09. The van der Waals surface area contributed by atoms with Gasteiger partial charge in [0.1, 0.15) is 11.6 Å². The number of carbonyl (C=O) groups excluding carboxylic acids is 1. The van der Waals surface area contributed by atoms with Crippen molar-refractivity contribution in [2.24, 2.45) is 5.41 Å². The van der Waals surface area contributed by atoms with Crippen LogP contribution < -0.4 is 10.6 Å². The third-order valence-electron chi connectivity index (χ3n) is 3.09. The van der Waals surface area contributed by atoms with Gasteiger partial charge < -0.3 is 10.6 Å². The van der Waals surface area contributed by atoms with E-state index in [0.717, 1.165) is 24.7 Å². The highest BCUT2D eigenvalue weighted by molar-refractivity contribution is 5.95. The zero-order chi connectivity index (χ0) is 12.5. The van der Waals surface area contributed by atoms with Crippen molar-refractivity contribution in [3.8, 4) is 0 Å². The quantitative estimate of drug-likeness (QED) is 0.829. The van der Waals surface area contributed by atoms with E-state index in [9.17, 15) is 13.6 Å². The molecule has 1 fully saturated rings. The Morgan fingerprint density at radius 1 is 1.47 bits per heavy atom. The molecule has 5 heteroatoms. The van der Waals surface area contributed by atoms with E-state index in [4.69, 9.17) is 0 Å². The molecule has 2 rings (SSSR count). The van der Waals surface area contributed by atoms with E-state index in [1.165, 1.54) is 0 Å². The first-order valence-electron chi connectivity index (χ1n) is 5.48. The standard InChI is InChI=1S/C12H14F2N2O/c1-12(4-5-15-7-12)11(17)16-10-6-8(13)2-3-9(10)14/h2-3,6,15H,4-5,7H2,1H3,(H,16,17). The highest BCUT2D eigenvalue weighted by atomic mass is 19.1. The van der Waals surface area contributed by atoms with Crippen LogP contribution in [0.2, 0.25) is 0 Å². The summed E-state index contributed by atoms with van der Waals surface area (Å²) >= 11 is 0. The Hall–Kier alpha value is -1.49. The molecular formula is C12H14F2N2O. The van der Waals surface area contributed by atoms with E-state index in [2.05, 4.69) is 10.6 Å². The van der Waals surface area contributed by atoms with Gasteiger partial charge in [0, 0.05) is 12.6 Å². The summed E-state index contributed by atoms with van der Waals surface area (Å²) in [5.41, 5.74) is -0.665. The second kappa shape index (κ2) is 4.41. The second-order valence-corrected chi connectivity index (χ2v) is 4.57. The monoisotopic (exact) mass is 240 g/mol. The van der Waals surface area contributed by atoms with Crippen LogP contribution in [0.5, 0.6) is 0 Å². The fraction of sp³-hybridized carbons (Fsp3) is 0.417. The molecule has 2 N–H and O–H groups in total. The lowest BCUT2D eigenvalue weighted by molar-refractivity contribution is -0.123. The summed E-state index contributed by atoms with van der Waals surface area (Å²) in [6.07, 6.45) is 0.690. The molecule has 92 valence electrons. The zero-order valence-electron chi connectivity index (χ0n) is 9.52. The van der Waals surface area contributed by atoms with Crippen LogP contribution in [0.3, 0.4) is 0 Å². The number of rotatable bonds is 2. The Kier molecular flexibility index (Phi) is 3.11. The maximum Gasteiger partial charge on any atom is 0.231 e. The number of amides is 1. The predicted molar refractivity (Wildman–Crippen MR) is 60.6 cm³/mol. The van der Waals surface area contributed by atoms with Crippen LogP contribution in [0.15, 0.2) is 18.2 Å². The summed E-state index contributed by atoms with van der Waals surface area (Å²) in [5, 5.41) is 5.52. The van der Waals surface area contributed by atoms with Crippen molar-refractivity contribution in [2.45, 2.75) is 13.3 Å². The van der Waals surface area contributed by atoms with Crippen molar-refractivity contribution in [3.63, 3.8) is 0 Å². The Morgan fingerprint density at radius 2 is 2.24 bits per heavy atom. The molecule has 1 amide bonds. The molecular weight excluding hydrogens is 226 g/mol. The Labute approximate surface area is 98.2 Å². The minimum Gasteiger partial charge on any atom is -0.323 e. The summed E-state index contributed by atoms with van der Waals surface area (Å²) < 4.78 is 26.3. The number of anilines is 1. The van der Waals surface area contributed by atoms with Crippen molar-refractivity contribution in [3.05, 3.63) is 29.8 Å². The number of hydrogen-bond donors (Lipinski definition) is 2. The van der Waals surface area contributed by atoms with Crippen LogP contribution >= 0.6 is 0 Å². The molecule has 1 unspecified atom stereocenters. The molecule has 0 bridgehead atoms. The third kappa shape index (κ3) is 2.44. The summed E-state index contributed by atoms with van der Waals surface area (Å²) in [7, 11) is 0. The molecule has 17 heavy (non-hydrogen) atoms. The number of hydrogen-bond acceptors (Lipinski definition) is 2. The fourth-order valence-electron chi connectivity index (χ4n) is 1.88. The van der Waals surface area contributed by atoms with E-state index in [1.54, 1.807) is 6.92 Å². The second-order valence-electron chi connectivity index (χ2n) is 4.57. The Balaban J connectivity index is 2.15. The van der Waals surface area contributed by atoms with Gasteiger partial charge >= 0.3 is 0 Å². The van der Waals surface area contributed by atoms with Gasteiger partial charge in [-0.2, -0.15) is 0 Å². The van der Waals surface area contributed by atoms with Crippen LogP contribution in [-0.4, -0.2) is 19.0 Å². The molecule has 0 radical (unpaired) electrons. The zero-order valence-corrected chi connectivity index (χ0v) is 9.52. The molecule has 0 spiro atoms. The largest absolute Gasteiger partial charge is 0.323 e. The van der Waals surface area contributed by atoms with Crippen LogP contribution in [-0.2, 0) is 4.79 Å². The van der Waals surface area contributed by atoms with Gasteiger partial charge in [-0.25, -0.2) is 8.78 Å². The molecule has 0 aliphatic carbocycles. The summed E-state index contributed by atoms with van der Waals surface area (Å²) in [6.45, 7) is 3.12. The van der Waals surface area contributed by atoms with Crippen molar-refractivity contribution in [2.75, 3.05) is 18.4 Å². The molecule has 1 aromatic rings. The van der Waals surface area contributed by atoms with Gasteiger partial charge in [-0.15, -0.1) is 0 Å². The lowest BCUT2D eigenvalue weighted by Gasteiger charge is -2.21. The lowest BCUT2D eigenvalue weighted by Crippen LogP contribution is -2.35. The van der Waals surface area contributed by atoms with Gasteiger partial charge in [0.2, 0.25) is 5.91 Å². The highest BCUT2D eigenvalue weighted by Gasteiger charge is 2.36. The maximum atomic E-state index is 13.3. The summed E-state index contributed by atoms with van der Waals surface area (Å²) in [5.74, 6) is -1.49. The van der Waals surface area contributed by atoms with Crippen molar-refractivity contribution in [1.29, 1.82) is 0 Å². The Bertz CT molecular complexity index is 442. The van der Waals surface area contributed by atoms with Gasteiger partial charge in [-0.05, 0) is 32.0 Å². The van der Waals surface area contributed by atoms with Crippen molar-refractivity contribution >= 4 is 11.6 Å². The molecule has 1 aromatic carbocycles.